The van der Waals surface area contributed by atoms with Gasteiger partial charge in [-0.25, -0.2) is 4.98 Å². The molecule has 0 aliphatic carbocycles. The molecule has 0 unspecified atom stereocenters. The van der Waals surface area contributed by atoms with Crippen molar-refractivity contribution in [1.29, 1.82) is 0 Å². The molecule has 1 aromatic carbocycles. The van der Waals surface area contributed by atoms with Crippen LogP contribution in [0.5, 0.6) is 11.6 Å². The van der Waals surface area contributed by atoms with E-state index in [2.05, 4.69) is 56.7 Å². The van der Waals surface area contributed by atoms with Gasteiger partial charge < -0.3 is 29.9 Å². The fourth-order valence-electron chi connectivity index (χ4n) is 3.68. The van der Waals surface area contributed by atoms with E-state index < -0.39 is 0 Å². The summed E-state index contributed by atoms with van der Waals surface area (Å²) in [7, 11) is 2.14. The summed E-state index contributed by atoms with van der Waals surface area (Å²) in [6.45, 7) is 16.8. The molecule has 2 heterocycles. The van der Waals surface area contributed by atoms with Gasteiger partial charge in [-0.2, -0.15) is 4.98 Å². The molecule has 0 saturated carbocycles. The molecular weight excluding hydrogens is 504 g/mol. The third-order valence-corrected chi connectivity index (χ3v) is 5.78. The number of nitrogens with zero attached hydrogens (tertiary/aromatic N) is 4. The third-order valence-electron chi connectivity index (χ3n) is 5.52. The lowest BCUT2D eigenvalue weighted by Crippen LogP contribution is -2.44. The molecule has 1 aliphatic rings. The van der Waals surface area contributed by atoms with Crippen molar-refractivity contribution >= 4 is 34.8 Å². The van der Waals surface area contributed by atoms with E-state index in [9.17, 15) is 4.79 Å². The summed E-state index contributed by atoms with van der Waals surface area (Å²) >= 11 is 6.31. The Labute approximate surface area is 229 Å². The summed E-state index contributed by atoms with van der Waals surface area (Å²) in [6.07, 6.45) is 7.42. The molecule has 10 heteroatoms. The highest BCUT2D eigenvalue weighted by Gasteiger charge is 2.17. The lowest BCUT2D eigenvalue weighted by molar-refractivity contribution is -0.115. The van der Waals surface area contributed by atoms with Crippen molar-refractivity contribution in [2.45, 2.75) is 26.9 Å². The largest absolute Gasteiger partial charge is 0.489 e. The van der Waals surface area contributed by atoms with Crippen LogP contribution in [0.1, 0.15) is 20.8 Å². The Morgan fingerprint density at radius 1 is 1.21 bits per heavy atom. The number of benzene rings is 1. The summed E-state index contributed by atoms with van der Waals surface area (Å²) in [5.74, 6) is 1.23. The first-order valence-corrected chi connectivity index (χ1v) is 12.7. The monoisotopic (exact) mass is 538 g/mol. The minimum absolute atomic E-state index is 0.0181. The van der Waals surface area contributed by atoms with Gasteiger partial charge in [-0.3, -0.25) is 4.79 Å². The van der Waals surface area contributed by atoms with E-state index in [1.807, 2.05) is 26.0 Å². The maximum Gasteiger partial charge on any atom is 0.247 e. The van der Waals surface area contributed by atoms with Crippen LogP contribution in [0.25, 0.3) is 0 Å². The number of aromatic nitrogens is 2. The summed E-state index contributed by atoms with van der Waals surface area (Å²) in [5.41, 5.74) is 2.30. The number of anilines is 3. The van der Waals surface area contributed by atoms with Crippen molar-refractivity contribution in [2.24, 2.45) is 0 Å². The molecule has 1 saturated heterocycles. The van der Waals surface area contributed by atoms with Crippen molar-refractivity contribution in [1.82, 2.24) is 20.2 Å². The first-order chi connectivity index (χ1) is 18.2. The summed E-state index contributed by atoms with van der Waals surface area (Å²) in [4.78, 5) is 25.1. The van der Waals surface area contributed by atoms with Crippen LogP contribution in [0, 0.1) is 0 Å². The average Bonchev–Trinajstić information content (AvgIpc) is 2.87. The number of hydrogen-bond donors (Lipinski definition) is 2. The molecule has 202 valence electrons. The molecule has 0 spiro atoms. The molecule has 38 heavy (non-hydrogen) atoms. The number of carbonyl (C=O) groups excluding carboxylic acids is 1. The zero-order valence-electron chi connectivity index (χ0n) is 22.3. The number of rotatable bonds is 11. The summed E-state index contributed by atoms with van der Waals surface area (Å²) < 4.78 is 12.0. The topological polar surface area (TPSA) is 91.8 Å². The van der Waals surface area contributed by atoms with Gasteiger partial charge in [-0.05, 0) is 58.2 Å². The first kappa shape index (κ1) is 28.7. The Morgan fingerprint density at radius 2 is 1.95 bits per heavy atom. The Hall–Kier alpha value is -3.82. The molecule has 2 aromatic rings. The lowest BCUT2D eigenvalue weighted by Gasteiger charge is -2.34. The molecule has 1 aliphatic heterocycles. The molecule has 1 fully saturated rings. The number of allylic oxidation sites excluding steroid dienone is 4. The van der Waals surface area contributed by atoms with E-state index in [0.29, 0.717) is 23.2 Å². The molecule has 9 nitrogen and oxygen atoms in total. The second kappa shape index (κ2) is 13.6. The van der Waals surface area contributed by atoms with E-state index in [1.165, 1.54) is 12.3 Å². The van der Waals surface area contributed by atoms with Gasteiger partial charge in [0.05, 0.1) is 18.0 Å². The number of nitrogens with one attached hydrogen (secondary N) is 2. The number of piperazine rings is 1. The van der Waals surface area contributed by atoms with E-state index in [0.717, 1.165) is 37.6 Å². The van der Waals surface area contributed by atoms with Crippen LogP contribution in [-0.2, 0) is 4.79 Å². The highest BCUT2D eigenvalue weighted by molar-refractivity contribution is 6.31. The van der Waals surface area contributed by atoms with Crippen LogP contribution in [0.2, 0.25) is 5.02 Å². The molecule has 3 rings (SSSR count). The number of ether oxygens (including phenoxy) is 2. The SMILES string of the molecule is C=C/C=C(\C=C(/C)Oc1nc(Nc2ccc(N3CCN(C)CC3)cc2OC(C)C)ncc1Cl)NC(=O)C=C. The number of amides is 1. The van der Waals surface area contributed by atoms with Crippen LogP contribution >= 0.6 is 11.6 Å². The smallest absolute Gasteiger partial charge is 0.247 e. The number of halogens is 1. The van der Waals surface area contributed by atoms with Crippen LogP contribution in [0.15, 0.2) is 73.3 Å². The van der Waals surface area contributed by atoms with Gasteiger partial charge in [0.15, 0.2) is 0 Å². The Morgan fingerprint density at radius 3 is 2.61 bits per heavy atom. The number of hydrogen-bond acceptors (Lipinski definition) is 8. The van der Waals surface area contributed by atoms with Crippen molar-refractivity contribution in [3.05, 3.63) is 78.3 Å². The normalized spacial score (nSPS) is 14.7. The quantitative estimate of drug-likeness (QED) is 0.233. The molecule has 1 aromatic heterocycles. The molecule has 1 amide bonds. The summed E-state index contributed by atoms with van der Waals surface area (Å²) in [6, 6.07) is 6.06. The van der Waals surface area contributed by atoms with E-state index in [-0.39, 0.29) is 22.9 Å². The third kappa shape index (κ3) is 8.36. The van der Waals surface area contributed by atoms with E-state index >= 15 is 0 Å². The Balaban J connectivity index is 1.82. The van der Waals surface area contributed by atoms with Gasteiger partial charge in [-0.15, -0.1) is 0 Å². The first-order valence-electron chi connectivity index (χ1n) is 12.3. The Kier molecular flexibility index (Phi) is 10.3. The minimum atomic E-state index is -0.355. The molecule has 0 radical (unpaired) electrons. The van der Waals surface area contributed by atoms with Crippen LogP contribution in [-0.4, -0.2) is 60.1 Å². The van der Waals surface area contributed by atoms with Crippen LogP contribution < -0.4 is 25.0 Å². The second-order valence-electron chi connectivity index (χ2n) is 9.02. The van der Waals surface area contributed by atoms with Gasteiger partial charge >= 0.3 is 0 Å². The number of carbonyl (C=O) groups is 1. The van der Waals surface area contributed by atoms with Gasteiger partial charge in [0.1, 0.15) is 16.5 Å². The van der Waals surface area contributed by atoms with Crippen molar-refractivity contribution in [3.63, 3.8) is 0 Å². The van der Waals surface area contributed by atoms with Crippen LogP contribution in [0.4, 0.5) is 17.3 Å². The zero-order chi connectivity index (χ0) is 27.7. The van der Waals surface area contributed by atoms with Gasteiger partial charge in [-0.1, -0.05) is 30.8 Å². The predicted octanol–water partition coefficient (Wildman–Crippen LogP) is 5.07. The lowest BCUT2D eigenvalue weighted by atomic mass is 10.2. The summed E-state index contributed by atoms with van der Waals surface area (Å²) in [5, 5.41) is 6.13. The van der Waals surface area contributed by atoms with Gasteiger partial charge in [0.2, 0.25) is 17.7 Å². The highest BCUT2D eigenvalue weighted by Crippen LogP contribution is 2.34. The fraction of sp³-hybridized carbons (Fsp3) is 0.321. The Bertz CT molecular complexity index is 1220. The fourth-order valence-corrected chi connectivity index (χ4v) is 3.81. The minimum Gasteiger partial charge on any atom is -0.489 e. The second-order valence-corrected chi connectivity index (χ2v) is 9.42. The molecule has 0 atom stereocenters. The molecular formula is C28H35ClN6O3. The van der Waals surface area contributed by atoms with Crippen LogP contribution in [0.3, 0.4) is 0 Å². The maximum absolute atomic E-state index is 11.7. The van der Waals surface area contributed by atoms with Gasteiger partial charge in [0, 0.05) is 43.6 Å². The highest BCUT2D eigenvalue weighted by atomic mass is 35.5. The molecule has 2 N–H and O–H groups in total. The van der Waals surface area contributed by atoms with Crippen molar-refractivity contribution in [2.75, 3.05) is 43.4 Å². The zero-order valence-corrected chi connectivity index (χ0v) is 23.1. The van der Waals surface area contributed by atoms with Gasteiger partial charge in [0.25, 0.3) is 0 Å². The number of likely N-dealkylation sites (N-methyl/N-ethyl adjacent to an activating group) is 1. The van der Waals surface area contributed by atoms with E-state index in [4.69, 9.17) is 21.1 Å². The standard InChI is InChI=1S/C28H35ClN6O3/c1-7-9-21(31-26(36)8-2)16-20(5)38-27-23(29)18-30-28(33-27)32-24-11-10-22(17-25(24)37-19(3)4)35-14-12-34(6)13-15-35/h7-11,16-19H,1-2,12-15H2,3-6H3,(H,31,36)(H,30,32,33)/b20-16+,21-9+. The molecule has 0 bridgehead atoms. The van der Waals surface area contributed by atoms with E-state index in [1.54, 1.807) is 25.2 Å². The van der Waals surface area contributed by atoms with Crippen molar-refractivity contribution < 1.29 is 14.3 Å². The predicted molar refractivity (Wildman–Crippen MR) is 153 cm³/mol. The maximum atomic E-state index is 11.7. The van der Waals surface area contributed by atoms with Crippen molar-refractivity contribution in [3.8, 4) is 11.6 Å². The average molecular weight is 539 g/mol.